The van der Waals surface area contributed by atoms with E-state index < -0.39 is 0 Å². The quantitative estimate of drug-likeness (QED) is 0.807. The van der Waals surface area contributed by atoms with E-state index in [1.165, 1.54) is 10.9 Å². The fourth-order valence-electron chi connectivity index (χ4n) is 3.25. The topological polar surface area (TPSA) is 59.4 Å². The number of rotatable bonds is 3. The van der Waals surface area contributed by atoms with Gasteiger partial charge < -0.3 is 4.74 Å². The summed E-state index contributed by atoms with van der Waals surface area (Å²) in [4.78, 5) is 17.3. The van der Waals surface area contributed by atoms with E-state index in [2.05, 4.69) is 5.10 Å². The Morgan fingerprint density at radius 3 is 2.78 bits per heavy atom. The first-order chi connectivity index (χ1) is 11.2. The molecular formula is C18H19N3O2. The smallest absolute Gasteiger partial charge is 0.272 e. The van der Waals surface area contributed by atoms with Gasteiger partial charge in [0.25, 0.3) is 5.56 Å². The Hall–Kier alpha value is -2.56. The lowest BCUT2D eigenvalue weighted by molar-refractivity contribution is 0.411. The average Bonchev–Trinajstić information content (AvgIpc) is 2.82. The summed E-state index contributed by atoms with van der Waals surface area (Å²) in [5, 5.41) is 3.13. The van der Waals surface area contributed by atoms with Crippen LogP contribution in [0, 0.1) is 6.92 Å². The van der Waals surface area contributed by atoms with Gasteiger partial charge in [-0.05, 0) is 25.8 Å². The van der Waals surface area contributed by atoms with E-state index in [1.807, 2.05) is 31.2 Å². The maximum atomic E-state index is 12.5. The van der Waals surface area contributed by atoms with Crippen LogP contribution in [-0.2, 0) is 0 Å². The van der Waals surface area contributed by atoms with Gasteiger partial charge in [0.2, 0.25) is 0 Å². The van der Waals surface area contributed by atoms with E-state index in [0.29, 0.717) is 11.6 Å². The molecule has 0 saturated heterocycles. The van der Waals surface area contributed by atoms with Gasteiger partial charge in [0, 0.05) is 23.2 Å². The number of para-hydroxylation sites is 1. The fraction of sp³-hybridized carbons (Fsp3) is 0.333. The van der Waals surface area contributed by atoms with Crippen LogP contribution in [0.15, 0.2) is 35.1 Å². The van der Waals surface area contributed by atoms with Crippen molar-refractivity contribution in [2.45, 2.75) is 32.1 Å². The van der Waals surface area contributed by atoms with Crippen LogP contribution >= 0.6 is 0 Å². The van der Waals surface area contributed by atoms with Crippen molar-refractivity contribution < 1.29 is 4.74 Å². The Labute approximate surface area is 133 Å². The Morgan fingerprint density at radius 2 is 2.09 bits per heavy atom. The normalized spacial score (nSPS) is 14.9. The van der Waals surface area contributed by atoms with Crippen LogP contribution in [0.25, 0.3) is 16.8 Å². The third kappa shape index (κ3) is 2.15. The highest BCUT2D eigenvalue weighted by molar-refractivity contribution is 5.83. The highest BCUT2D eigenvalue weighted by atomic mass is 16.5. The number of fused-ring (bicyclic) bond motifs is 1. The van der Waals surface area contributed by atoms with Gasteiger partial charge in [0.1, 0.15) is 5.75 Å². The third-order valence-corrected chi connectivity index (χ3v) is 4.72. The van der Waals surface area contributed by atoms with Crippen LogP contribution in [0.1, 0.15) is 36.6 Å². The third-order valence-electron chi connectivity index (χ3n) is 4.72. The molecule has 3 aromatic rings. The second-order valence-corrected chi connectivity index (χ2v) is 6.12. The van der Waals surface area contributed by atoms with E-state index >= 15 is 0 Å². The zero-order valence-corrected chi connectivity index (χ0v) is 13.3. The maximum Gasteiger partial charge on any atom is 0.272 e. The summed E-state index contributed by atoms with van der Waals surface area (Å²) in [6.45, 7) is 1.96. The number of aryl methyl sites for hydroxylation is 1. The molecule has 23 heavy (non-hydrogen) atoms. The molecule has 1 N–H and O–H groups in total. The second-order valence-electron chi connectivity index (χ2n) is 6.12. The molecule has 1 aliphatic rings. The number of methoxy groups -OCH3 is 1. The van der Waals surface area contributed by atoms with Crippen molar-refractivity contribution in [1.29, 1.82) is 0 Å². The predicted octanol–water partition coefficient (Wildman–Crippen LogP) is 3.27. The molecule has 0 unspecified atom stereocenters. The maximum absolute atomic E-state index is 12.5. The van der Waals surface area contributed by atoms with Crippen LogP contribution in [0.2, 0.25) is 0 Å². The minimum atomic E-state index is -0.0545. The summed E-state index contributed by atoms with van der Waals surface area (Å²) in [5.74, 6) is 1.20. The van der Waals surface area contributed by atoms with Crippen LogP contribution in [0.3, 0.4) is 0 Å². The van der Waals surface area contributed by atoms with Gasteiger partial charge in [-0.2, -0.15) is 0 Å². The molecule has 1 saturated carbocycles. The molecule has 1 aliphatic carbocycles. The number of benzene rings is 1. The lowest BCUT2D eigenvalue weighted by atomic mass is 9.83. The van der Waals surface area contributed by atoms with Gasteiger partial charge in [-0.1, -0.05) is 24.6 Å². The SMILES string of the molecule is COc1ccccc1-c1c(C)[nH]n2c(=O)cc(C3CCC3)nc12. The van der Waals surface area contributed by atoms with E-state index in [-0.39, 0.29) is 5.56 Å². The average molecular weight is 309 g/mol. The Balaban J connectivity index is 2.00. The summed E-state index contributed by atoms with van der Waals surface area (Å²) < 4.78 is 7.01. The van der Waals surface area contributed by atoms with Gasteiger partial charge in [0.15, 0.2) is 5.65 Å². The molecule has 4 rings (SSSR count). The molecular weight excluding hydrogens is 290 g/mol. The second kappa shape index (κ2) is 5.26. The Bertz CT molecular complexity index is 935. The first kappa shape index (κ1) is 14.1. The van der Waals surface area contributed by atoms with Crippen molar-refractivity contribution in [2.75, 3.05) is 7.11 Å². The first-order valence-electron chi connectivity index (χ1n) is 7.94. The molecule has 1 fully saturated rings. The van der Waals surface area contributed by atoms with Crippen molar-refractivity contribution >= 4 is 5.65 Å². The Morgan fingerprint density at radius 1 is 1.30 bits per heavy atom. The summed E-state index contributed by atoms with van der Waals surface area (Å²) in [6, 6.07) is 9.49. The monoisotopic (exact) mass is 309 g/mol. The lowest BCUT2D eigenvalue weighted by Crippen LogP contribution is -2.19. The van der Waals surface area contributed by atoms with Crippen molar-refractivity contribution in [3.63, 3.8) is 0 Å². The van der Waals surface area contributed by atoms with Gasteiger partial charge in [-0.3, -0.25) is 9.89 Å². The number of hydrogen-bond acceptors (Lipinski definition) is 3. The standard InChI is InChI=1S/C18H19N3O2/c1-11-17(13-8-3-4-9-15(13)23-2)18-19-14(12-6-5-7-12)10-16(22)21(18)20-11/h3-4,8-10,12,20H,5-7H2,1-2H3. The lowest BCUT2D eigenvalue weighted by Gasteiger charge is -2.24. The molecule has 1 aromatic carbocycles. The number of nitrogens with one attached hydrogen (secondary N) is 1. The van der Waals surface area contributed by atoms with E-state index in [1.54, 1.807) is 13.2 Å². The van der Waals surface area contributed by atoms with Gasteiger partial charge in [0.05, 0.1) is 18.4 Å². The molecule has 0 atom stereocenters. The number of nitrogens with zero attached hydrogens (tertiary/aromatic N) is 2. The summed E-state index contributed by atoms with van der Waals surface area (Å²) in [7, 11) is 1.66. The molecule has 0 radical (unpaired) electrons. The van der Waals surface area contributed by atoms with E-state index in [9.17, 15) is 4.79 Å². The molecule has 2 heterocycles. The minimum Gasteiger partial charge on any atom is -0.496 e. The van der Waals surface area contributed by atoms with Crippen LogP contribution in [0.4, 0.5) is 0 Å². The number of hydrogen-bond donors (Lipinski definition) is 1. The first-order valence-corrected chi connectivity index (χ1v) is 7.94. The predicted molar refractivity (Wildman–Crippen MR) is 89.1 cm³/mol. The zero-order chi connectivity index (χ0) is 16.0. The van der Waals surface area contributed by atoms with Crippen LogP contribution < -0.4 is 10.3 Å². The number of aromatic amines is 1. The Kier molecular flexibility index (Phi) is 3.22. The van der Waals surface area contributed by atoms with Gasteiger partial charge in [-0.25, -0.2) is 9.50 Å². The van der Waals surface area contributed by atoms with Crippen LogP contribution in [-0.4, -0.2) is 21.7 Å². The molecule has 118 valence electrons. The number of aromatic nitrogens is 3. The molecule has 5 heteroatoms. The largest absolute Gasteiger partial charge is 0.496 e. The summed E-state index contributed by atoms with van der Waals surface area (Å²) >= 11 is 0. The highest BCUT2D eigenvalue weighted by Crippen LogP contribution is 2.37. The zero-order valence-electron chi connectivity index (χ0n) is 13.3. The van der Waals surface area contributed by atoms with Crippen molar-refractivity contribution in [1.82, 2.24) is 14.6 Å². The van der Waals surface area contributed by atoms with Crippen LogP contribution in [0.5, 0.6) is 5.75 Å². The molecule has 5 nitrogen and oxygen atoms in total. The number of ether oxygens (including phenoxy) is 1. The fourth-order valence-corrected chi connectivity index (χ4v) is 3.25. The highest BCUT2D eigenvalue weighted by Gasteiger charge is 2.24. The molecule has 0 amide bonds. The number of H-pyrrole nitrogens is 1. The molecule has 0 aliphatic heterocycles. The van der Waals surface area contributed by atoms with Gasteiger partial charge in [-0.15, -0.1) is 0 Å². The summed E-state index contributed by atoms with van der Waals surface area (Å²) in [6.07, 6.45) is 3.46. The van der Waals surface area contributed by atoms with Crippen molar-refractivity contribution in [3.8, 4) is 16.9 Å². The van der Waals surface area contributed by atoms with Crippen molar-refractivity contribution in [2.24, 2.45) is 0 Å². The molecule has 2 aromatic heterocycles. The van der Waals surface area contributed by atoms with Crippen molar-refractivity contribution in [3.05, 3.63) is 52.1 Å². The van der Waals surface area contributed by atoms with E-state index in [4.69, 9.17) is 9.72 Å². The van der Waals surface area contributed by atoms with E-state index in [0.717, 1.165) is 41.1 Å². The van der Waals surface area contributed by atoms with Gasteiger partial charge >= 0.3 is 0 Å². The minimum absolute atomic E-state index is 0.0545. The summed E-state index contributed by atoms with van der Waals surface area (Å²) in [5.41, 5.74) is 4.33. The molecule has 0 spiro atoms. The molecule has 0 bridgehead atoms.